The lowest BCUT2D eigenvalue weighted by atomic mass is 9.88. The summed E-state index contributed by atoms with van der Waals surface area (Å²) in [5.41, 5.74) is 2.66. The SMILES string of the molecule is CC(C)(C)N1C[C@@H](C(=O)Nc2nc3ccccc3n2-c2ccccc2)[C@H](c2ccc(F)cc2F)C1. The van der Waals surface area contributed by atoms with Crippen molar-refractivity contribution < 1.29 is 13.6 Å². The molecule has 1 N–H and O–H groups in total. The standard InChI is InChI=1S/C28H28F2N4O/c1-28(2,3)33-16-21(20-14-13-18(29)15-23(20)30)22(17-33)26(35)32-27-31-24-11-7-8-12-25(24)34(27)19-9-5-4-6-10-19/h4-15,21-22H,16-17H2,1-3H3,(H,31,32,35)/t21-,22+/m0/s1. The monoisotopic (exact) mass is 474 g/mol. The molecule has 0 bridgehead atoms. The van der Waals surface area contributed by atoms with Gasteiger partial charge in [0.05, 0.1) is 17.0 Å². The van der Waals surface area contributed by atoms with Crippen molar-refractivity contribution in [2.75, 3.05) is 18.4 Å². The number of para-hydroxylation sites is 3. The second kappa shape index (κ2) is 8.89. The summed E-state index contributed by atoms with van der Waals surface area (Å²) in [5.74, 6) is -2.02. The first-order chi connectivity index (χ1) is 16.7. The van der Waals surface area contributed by atoms with Crippen molar-refractivity contribution in [3.63, 3.8) is 0 Å². The summed E-state index contributed by atoms with van der Waals surface area (Å²) in [4.78, 5) is 20.6. The van der Waals surface area contributed by atoms with Crippen LogP contribution in [0.15, 0.2) is 72.8 Å². The molecule has 1 aromatic heterocycles. The Morgan fingerprint density at radius 3 is 2.40 bits per heavy atom. The Labute approximate surface area is 203 Å². The highest BCUT2D eigenvalue weighted by Crippen LogP contribution is 2.38. The van der Waals surface area contributed by atoms with Gasteiger partial charge in [-0.1, -0.05) is 36.4 Å². The molecule has 0 unspecified atom stereocenters. The number of rotatable bonds is 4. The van der Waals surface area contributed by atoms with E-state index in [2.05, 4.69) is 36.0 Å². The number of imidazole rings is 1. The number of aromatic nitrogens is 2. The van der Waals surface area contributed by atoms with Gasteiger partial charge in [0.25, 0.3) is 0 Å². The molecule has 0 aliphatic carbocycles. The number of carbonyl (C=O) groups is 1. The van der Waals surface area contributed by atoms with Gasteiger partial charge in [0.2, 0.25) is 11.9 Å². The molecule has 0 radical (unpaired) electrons. The zero-order chi connectivity index (χ0) is 24.7. The molecule has 5 nitrogen and oxygen atoms in total. The normalized spacial score (nSPS) is 18.8. The van der Waals surface area contributed by atoms with Crippen LogP contribution in [0, 0.1) is 17.6 Å². The molecule has 1 fully saturated rings. The molecule has 1 aliphatic rings. The van der Waals surface area contributed by atoms with Crippen molar-refractivity contribution in [3.05, 3.63) is 90.0 Å². The number of halogens is 2. The zero-order valence-electron chi connectivity index (χ0n) is 20.0. The minimum Gasteiger partial charge on any atom is -0.297 e. The molecule has 7 heteroatoms. The van der Waals surface area contributed by atoms with Gasteiger partial charge >= 0.3 is 0 Å². The summed E-state index contributed by atoms with van der Waals surface area (Å²) >= 11 is 0. The van der Waals surface area contributed by atoms with Crippen LogP contribution in [0.5, 0.6) is 0 Å². The Balaban J connectivity index is 1.53. The van der Waals surface area contributed by atoms with E-state index in [9.17, 15) is 13.6 Å². The van der Waals surface area contributed by atoms with Crippen molar-refractivity contribution in [2.45, 2.75) is 32.2 Å². The molecule has 2 heterocycles. The van der Waals surface area contributed by atoms with E-state index < -0.39 is 23.5 Å². The maximum atomic E-state index is 14.8. The number of benzene rings is 3. The summed E-state index contributed by atoms with van der Waals surface area (Å²) in [6.07, 6.45) is 0. The van der Waals surface area contributed by atoms with E-state index in [1.807, 2.05) is 59.2 Å². The Bertz CT molecular complexity index is 1380. The summed E-state index contributed by atoms with van der Waals surface area (Å²) in [6.45, 7) is 7.17. The fourth-order valence-electron chi connectivity index (χ4n) is 4.89. The molecule has 0 saturated carbocycles. The molecule has 5 rings (SSSR count). The van der Waals surface area contributed by atoms with Gasteiger partial charge in [-0.3, -0.25) is 19.6 Å². The van der Waals surface area contributed by atoms with Gasteiger partial charge in [-0.2, -0.15) is 0 Å². The van der Waals surface area contributed by atoms with Gasteiger partial charge in [-0.05, 0) is 56.7 Å². The van der Waals surface area contributed by atoms with Crippen LogP contribution >= 0.6 is 0 Å². The Morgan fingerprint density at radius 2 is 1.69 bits per heavy atom. The van der Waals surface area contributed by atoms with E-state index in [0.29, 0.717) is 24.6 Å². The van der Waals surface area contributed by atoms with Crippen molar-refractivity contribution in [3.8, 4) is 5.69 Å². The van der Waals surface area contributed by atoms with Crippen LogP contribution in [0.3, 0.4) is 0 Å². The first kappa shape index (κ1) is 23.2. The quantitative estimate of drug-likeness (QED) is 0.409. The van der Waals surface area contributed by atoms with Gasteiger partial charge < -0.3 is 0 Å². The number of hydrogen-bond acceptors (Lipinski definition) is 3. The second-order valence-electron chi connectivity index (χ2n) is 10.0. The lowest BCUT2D eigenvalue weighted by Gasteiger charge is -2.31. The van der Waals surface area contributed by atoms with E-state index in [1.165, 1.54) is 12.1 Å². The molecule has 180 valence electrons. The molecule has 1 saturated heterocycles. The third-order valence-corrected chi connectivity index (χ3v) is 6.78. The van der Waals surface area contributed by atoms with E-state index in [1.54, 1.807) is 0 Å². The zero-order valence-corrected chi connectivity index (χ0v) is 20.0. The van der Waals surface area contributed by atoms with E-state index in [0.717, 1.165) is 22.8 Å². The first-order valence-corrected chi connectivity index (χ1v) is 11.8. The smallest absolute Gasteiger partial charge is 0.231 e. The van der Waals surface area contributed by atoms with Crippen LogP contribution in [0.4, 0.5) is 14.7 Å². The average molecular weight is 475 g/mol. The molecule has 2 atom stereocenters. The van der Waals surface area contributed by atoms with Crippen LogP contribution in [0.25, 0.3) is 16.7 Å². The number of nitrogens with zero attached hydrogens (tertiary/aromatic N) is 3. The number of likely N-dealkylation sites (tertiary alicyclic amines) is 1. The van der Waals surface area contributed by atoms with E-state index in [-0.39, 0.29) is 11.4 Å². The Morgan fingerprint density at radius 1 is 0.971 bits per heavy atom. The summed E-state index contributed by atoms with van der Waals surface area (Å²) in [7, 11) is 0. The Hall–Kier alpha value is -3.58. The molecule has 3 aromatic carbocycles. The second-order valence-corrected chi connectivity index (χ2v) is 10.0. The Kier molecular flexibility index (Phi) is 5.89. The molecule has 0 spiro atoms. The average Bonchev–Trinajstić information content (AvgIpc) is 3.41. The first-order valence-electron chi connectivity index (χ1n) is 11.8. The molecule has 1 aliphatic heterocycles. The summed E-state index contributed by atoms with van der Waals surface area (Å²) in [6, 6.07) is 21.0. The van der Waals surface area contributed by atoms with Gasteiger partial charge in [0.15, 0.2) is 0 Å². The van der Waals surface area contributed by atoms with E-state index in [4.69, 9.17) is 0 Å². The minimum atomic E-state index is -0.630. The van der Waals surface area contributed by atoms with Crippen LogP contribution < -0.4 is 5.32 Å². The lowest BCUT2D eigenvalue weighted by molar-refractivity contribution is -0.120. The summed E-state index contributed by atoms with van der Waals surface area (Å²) < 4.78 is 30.3. The number of hydrogen-bond donors (Lipinski definition) is 1. The van der Waals surface area contributed by atoms with Gasteiger partial charge in [-0.15, -0.1) is 0 Å². The van der Waals surface area contributed by atoms with Crippen molar-refractivity contribution >= 4 is 22.9 Å². The topological polar surface area (TPSA) is 50.2 Å². The highest BCUT2D eigenvalue weighted by molar-refractivity contribution is 5.95. The highest BCUT2D eigenvalue weighted by Gasteiger charge is 2.43. The number of carbonyl (C=O) groups excluding carboxylic acids is 1. The predicted octanol–water partition coefficient (Wildman–Crippen LogP) is 5.76. The predicted molar refractivity (Wildman–Crippen MR) is 134 cm³/mol. The maximum absolute atomic E-state index is 14.8. The van der Waals surface area contributed by atoms with Crippen molar-refractivity contribution in [2.24, 2.45) is 5.92 Å². The number of anilines is 1. The van der Waals surface area contributed by atoms with Gasteiger partial charge in [0, 0.05) is 36.3 Å². The van der Waals surface area contributed by atoms with Crippen LogP contribution in [0.1, 0.15) is 32.3 Å². The lowest BCUT2D eigenvalue weighted by Crippen LogP contribution is -2.40. The van der Waals surface area contributed by atoms with Crippen molar-refractivity contribution in [1.82, 2.24) is 14.5 Å². The third kappa shape index (κ3) is 4.44. The molecule has 1 amide bonds. The third-order valence-electron chi connectivity index (χ3n) is 6.78. The fraction of sp³-hybridized carbons (Fsp3) is 0.286. The highest BCUT2D eigenvalue weighted by atomic mass is 19.1. The molecule has 4 aromatic rings. The molecular weight excluding hydrogens is 446 g/mol. The molecule has 35 heavy (non-hydrogen) atoms. The van der Waals surface area contributed by atoms with Crippen molar-refractivity contribution in [1.29, 1.82) is 0 Å². The minimum absolute atomic E-state index is 0.207. The van der Waals surface area contributed by atoms with Crippen LogP contribution in [-0.4, -0.2) is 39.0 Å². The van der Waals surface area contributed by atoms with E-state index >= 15 is 0 Å². The van der Waals surface area contributed by atoms with Gasteiger partial charge in [-0.25, -0.2) is 13.8 Å². The fourth-order valence-corrected chi connectivity index (χ4v) is 4.89. The maximum Gasteiger partial charge on any atom is 0.231 e. The number of amides is 1. The number of fused-ring (bicyclic) bond motifs is 1. The number of nitrogens with one attached hydrogen (secondary N) is 1. The van der Waals surface area contributed by atoms with Gasteiger partial charge in [0.1, 0.15) is 11.6 Å². The summed E-state index contributed by atoms with van der Waals surface area (Å²) in [5, 5.41) is 3.03. The largest absolute Gasteiger partial charge is 0.297 e. The molecular formula is C28H28F2N4O. The van der Waals surface area contributed by atoms with Crippen LogP contribution in [0.2, 0.25) is 0 Å². The van der Waals surface area contributed by atoms with Crippen LogP contribution in [-0.2, 0) is 4.79 Å².